The highest BCUT2D eigenvalue weighted by Crippen LogP contribution is 2.45. The van der Waals surface area contributed by atoms with Crippen molar-refractivity contribution in [2.24, 2.45) is 0 Å². The zero-order valence-electron chi connectivity index (χ0n) is 37.0. The number of fused-ring (bicyclic) bond motifs is 9. The molecule has 0 saturated heterocycles. The standard InChI is InChI=1S/C63H38N4O2/c1-4-14-39(15-5-1)41-24-26-43(27-25-41)62-64-61(42-18-8-3-9-19-42)65-63(66-62)46-28-31-50-53-37-45(30-35-57(53)68-58(50)38-46)47-32-33-51-49-21-11-13-23-56(49)69-60(51)59(47)67-54-22-12-10-20-48(54)52-36-44(29-34-55(52)67)40-16-6-2-7-17-40/h1-38H. The van der Waals surface area contributed by atoms with Gasteiger partial charge in [-0.3, -0.25) is 0 Å². The van der Waals surface area contributed by atoms with Gasteiger partial charge in [0.25, 0.3) is 0 Å². The fourth-order valence-corrected chi connectivity index (χ4v) is 10.1. The average molecular weight is 883 g/mol. The fraction of sp³-hybridized carbons (Fsp3) is 0. The third-order valence-electron chi connectivity index (χ3n) is 13.5. The second kappa shape index (κ2) is 15.6. The minimum absolute atomic E-state index is 0.569. The van der Waals surface area contributed by atoms with E-state index in [1.165, 1.54) is 21.9 Å². The van der Waals surface area contributed by atoms with Gasteiger partial charge in [-0.25, -0.2) is 15.0 Å². The average Bonchev–Trinajstić information content (AvgIpc) is 4.10. The molecule has 0 atom stereocenters. The second-order valence-corrected chi connectivity index (χ2v) is 17.5. The third kappa shape index (κ3) is 6.45. The van der Waals surface area contributed by atoms with E-state index in [1.807, 2.05) is 42.5 Å². The number of para-hydroxylation sites is 2. The number of nitrogens with zero attached hydrogens (tertiary/aromatic N) is 4. The third-order valence-corrected chi connectivity index (χ3v) is 13.5. The molecule has 14 aromatic rings. The van der Waals surface area contributed by atoms with E-state index in [0.717, 1.165) is 99.5 Å². The molecular weight excluding hydrogens is 845 g/mol. The summed E-state index contributed by atoms with van der Waals surface area (Å²) in [5.41, 5.74) is 15.8. The highest BCUT2D eigenvalue weighted by atomic mass is 16.3. The van der Waals surface area contributed by atoms with Crippen molar-refractivity contribution in [3.63, 3.8) is 0 Å². The molecule has 10 aromatic carbocycles. The lowest BCUT2D eigenvalue weighted by Crippen LogP contribution is -2.00. The Kier molecular flexibility index (Phi) is 8.79. The van der Waals surface area contributed by atoms with Crippen LogP contribution in [0.5, 0.6) is 0 Å². The maximum absolute atomic E-state index is 6.90. The molecule has 0 aliphatic rings. The van der Waals surface area contributed by atoms with Gasteiger partial charge in [-0.05, 0) is 82.4 Å². The summed E-state index contributed by atoms with van der Waals surface area (Å²) in [6.45, 7) is 0. The van der Waals surface area contributed by atoms with Crippen molar-refractivity contribution in [3.05, 3.63) is 231 Å². The highest BCUT2D eigenvalue weighted by molar-refractivity contribution is 6.16. The highest BCUT2D eigenvalue weighted by Gasteiger charge is 2.23. The van der Waals surface area contributed by atoms with E-state index in [9.17, 15) is 0 Å². The summed E-state index contributed by atoms with van der Waals surface area (Å²) in [4.78, 5) is 15.1. The van der Waals surface area contributed by atoms with Crippen molar-refractivity contribution in [2.45, 2.75) is 0 Å². The first kappa shape index (κ1) is 38.8. The summed E-state index contributed by atoms with van der Waals surface area (Å²) in [7, 11) is 0. The topological polar surface area (TPSA) is 69.9 Å². The van der Waals surface area contributed by atoms with Crippen LogP contribution in [-0.4, -0.2) is 19.5 Å². The molecule has 0 aliphatic carbocycles. The molecular formula is C63H38N4O2. The summed E-state index contributed by atoms with van der Waals surface area (Å²) in [5.74, 6) is 1.78. The lowest BCUT2D eigenvalue weighted by Gasteiger charge is -2.15. The molecule has 4 aromatic heterocycles. The van der Waals surface area contributed by atoms with Gasteiger partial charge in [0.1, 0.15) is 16.7 Å². The van der Waals surface area contributed by atoms with Crippen LogP contribution in [0.1, 0.15) is 0 Å². The molecule has 0 radical (unpaired) electrons. The zero-order valence-corrected chi connectivity index (χ0v) is 37.0. The molecule has 0 unspecified atom stereocenters. The van der Waals surface area contributed by atoms with Gasteiger partial charge in [0.2, 0.25) is 0 Å². The van der Waals surface area contributed by atoms with Crippen LogP contribution in [-0.2, 0) is 0 Å². The SMILES string of the molecule is c1ccc(-c2ccc(-c3nc(-c4ccccc4)nc(-c4ccc5c(c4)oc4ccc(-c6ccc7c(oc8ccccc87)c6-n6c7ccccc7c7cc(-c8ccccc8)ccc76)cc45)n3)cc2)cc1. The van der Waals surface area contributed by atoms with Crippen LogP contribution in [0.15, 0.2) is 239 Å². The van der Waals surface area contributed by atoms with Crippen LogP contribution in [0.4, 0.5) is 0 Å². The number of rotatable bonds is 7. The molecule has 14 rings (SSSR count). The maximum atomic E-state index is 6.90. The van der Waals surface area contributed by atoms with Crippen LogP contribution in [0, 0.1) is 0 Å². The van der Waals surface area contributed by atoms with Gasteiger partial charge < -0.3 is 13.4 Å². The summed E-state index contributed by atoms with van der Waals surface area (Å²) in [6.07, 6.45) is 0. The molecule has 6 nitrogen and oxygen atoms in total. The molecule has 0 fully saturated rings. The van der Waals surface area contributed by atoms with Crippen LogP contribution in [0.25, 0.3) is 139 Å². The fourth-order valence-electron chi connectivity index (χ4n) is 10.1. The molecule has 6 heteroatoms. The van der Waals surface area contributed by atoms with Gasteiger partial charge in [-0.15, -0.1) is 0 Å². The first-order valence-corrected chi connectivity index (χ1v) is 23.2. The van der Waals surface area contributed by atoms with E-state index in [2.05, 4.69) is 193 Å². The van der Waals surface area contributed by atoms with Crippen LogP contribution in [0.2, 0.25) is 0 Å². The molecule has 322 valence electrons. The van der Waals surface area contributed by atoms with Crippen molar-refractivity contribution in [1.29, 1.82) is 0 Å². The molecule has 0 saturated carbocycles. The number of benzene rings is 10. The van der Waals surface area contributed by atoms with Gasteiger partial charge in [0.15, 0.2) is 23.1 Å². The van der Waals surface area contributed by atoms with Gasteiger partial charge in [-0.2, -0.15) is 0 Å². The predicted octanol–water partition coefficient (Wildman–Crippen LogP) is 16.8. The maximum Gasteiger partial charge on any atom is 0.164 e. The predicted molar refractivity (Wildman–Crippen MR) is 281 cm³/mol. The van der Waals surface area contributed by atoms with Crippen molar-refractivity contribution < 1.29 is 8.83 Å². The van der Waals surface area contributed by atoms with E-state index in [1.54, 1.807) is 0 Å². The Bertz CT molecular complexity index is 4290. The molecule has 69 heavy (non-hydrogen) atoms. The lowest BCUT2D eigenvalue weighted by molar-refractivity contribution is 0.666. The number of aromatic nitrogens is 4. The molecule has 0 aliphatic heterocycles. The van der Waals surface area contributed by atoms with Gasteiger partial charge in [-0.1, -0.05) is 176 Å². The van der Waals surface area contributed by atoms with Crippen LogP contribution in [0.3, 0.4) is 0 Å². The molecule has 0 amide bonds. The largest absolute Gasteiger partial charge is 0.456 e. The summed E-state index contributed by atoms with van der Waals surface area (Å²) >= 11 is 0. The molecule has 4 heterocycles. The van der Waals surface area contributed by atoms with E-state index < -0.39 is 0 Å². The van der Waals surface area contributed by atoms with Gasteiger partial charge >= 0.3 is 0 Å². The molecule has 0 spiro atoms. The first-order valence-electron chi connectivity index (χ1n) is 23.2. The van der Waals surface area contributed by atoms with Gasteiger partial charge in [0.05, 0.1) is 16.7 Å². The van der Waals surface area contributed by atoms with Gasteiger partial charge in [0, 0.05) is 54.6 Å². The first-order chi connectivity index (χ1) is 34.2. The Morgan fingerprint density at radius 3 is 1.52 bits per heavy atom. The monoisotopic (exact) mass is 882 g/mol. The van der Waals surface area contributed by atoms with Crippen LogP contribution >= 0.6 is 0 Å². The quantitative estimate of drug-likeness (QED) is 0.159. The zero-order chi connectivity index (χ0) is 45.4. The summed E-state index contributed by atoms with van der Waals surface area (Å²) < 4.78 is 16.0. The summed E-state index contributed by atoms with van der Waals surface area (Å²) in [5, 5.41) is 6.53. The smallest absolute Gasteiger partial charge is 0.164 e. The Hall–Kier alpha value is -9.39. The number of hydrogen-bond acceptors (Lipinski definition) is 5. The normalized spacial score (nSPS) is 11.8. The van der Waals surface area contributed by atoms with Crippen molar-refractivity contribution in [3.8, 4) is 73.2 Å². The molecule has 0 bridgehead atoms. The minimum Gasteiger partial charge on any atom is -0.456 e. The van der Waals surface area contributed by atoms with E-state index in [-0.39, 0.29) is 0 Å². The Morgan fingerprint density at radius 2 is 0.768 bits per heavy atom. The Morgan fingerprint density at radius 1 is 0.275 bits per heavy atom. The van der Waals surface area contributed by atoms with Crippen molar-refractivity contribution in [2.75, 3.05) is 0 Å². The second-order valence-electron chi connectivity index (χ2n) is 17.5. The van der Waals surface area contributed by atoms with Crippen molar-refractivity contribution >= 4 is 65.7 Å². The summed E-state index contributed by atoms with van der Waals surface area (Å²) in [6, 6.07) is 80.4. The Labute approximate surface area is 396 Å². The van der Waals surface area contributed by atoms with E-state index in [4.69, 9.17) is 23.8 Å². The van der Waals surface area contributed by atoms with E-state index >= 15 is 0 Å². The number of furan rings is 2. The Balaban J connectivity index is 0.921. The van der Waals surface area contributed by atoms with E-state index in [0.29, 0.717) is 17.5 Å². The minimum atomic E-state index is 0.569. The lowest BCUT2D eigenvalue weighted by atomic mass is 9.98. The van der Waals surface area contributed by atoms with Crippen LogP contribution < -0.4 is 0 Å². The number of hydrogen-bond donors (Lipinski definition) is 0. The van der Waals surface area contributed by atoms with Crippen molar-refractivity contribution in [1.82, 2.24) is 19.5 Å². The molecule has 0 N–H and O–H groups in total.